The Hall–Kier alpha value is -0.750. The van der Waals surface area contributed by atoms with Gasteiger partial charge < -0.3 is 15.5 Å². The lowest BCUT2D eigenvalue weighted by molar-refractivity contribution is -0.122. The maximum Gasteiger partial charge on any atom is 0.221 e. The van der Waals surface area contributed by atoms with E-state index in [4.69, 9.17) is 0 Å². The molecule has 1 aromatic carbocycles. The number of carbonyl (C=O) groups is 1. The van der Waals surface area contributed by atoms with Gasteiger partial charge in [-0.05, 0) is 19.5 Å². The number of hydrogen-bond donors (Lipinski definition) is 2. The molecule has 1 amide bonds. The fourth-order valence-electron chi connectivity index (χ4n) is 2.78. The van der Waals surface area contributed by atoms with Crippen molar-refractivity contribution < 1.29 is 4.79 Å². The van der Waals surface area contributed by atoms with Crippen LogP contribution in [0.25, 0.3) is 0 Å². The van der Waals surface area contributed by atoms with Gasteiger partial charge in [0, 0.05) is 49.6 Å². The van der Waals surface area contributed by atoms with Crippen molar-refractivity contribution in [3.05, 3.63) is 35.9 Å². The van der Waals surface area contributed by atoms with E-state index in [2.05, 4.69) is 53.8 Å². The summed E-state index contributed by atoms with van der Waals surface area (Å²) in [6.45, 7) is 4.84. The number of nitrogens with one attached hydrogen (secondary N) is 2. The summed E-state index contributed by atoms with van der Waals surface area (Å²) in [5.41, 5.74) is 1.30. The number of nitrogens with zero attached hydrogens (tertiary/aromatic N) is 1. The molecule has 2 atom stereocenters. The predicted molar refractivity (Wildman–Crippen MR) is 101 cm³/mol. The van der Waals surface area contributed by atoms with Crippen LogP contribution in [0.1, 0.15) is 18.9 Å². The minimum absolute atomic E-state index is 0. The molecular formula is C17H28ClN3OS. The third-order valence-electron chi connectivity index (χ3n) is 3.72. The summed E-state index contributed by atoms with van der Waals surface area (Å²) in [4.78, 5) is 14.3. The lowest BCUT2D eigenvalue weighted by atomic mass is 10.2. The second kappa shape index (κ2) is 10.9. The van der Waals surface area contributed by atoms with Crippen LogP contribution in [-0.2, 0) is 11.3 Å². The number of benzene rings is 1. The first kappa shape index (κ1) is 20.3. The number of amides is 1. The van der Waals surface area contributed by atoms with Crippen molar-refractivity contribution in [3.63, 3.8) is 0 Å². The van der Waals surface area contributed by atoms with Crippen molar-refractivity contribution in [2.24, 2.45) is 0 Å². The SMILES string of the molecule is CC(CN(C)Cc1ccccc1)NC(=O)CC1CSCCN1.Cl. The van der Waals surface area contributed by atoms with Crippen LogP contribution < -0.4 is 10.6 Å². The fourth-order valence-corrected chi connectivity index (χ4v) is 3.73. The molecule has 0 radical (unpaired) electrons. The van der Waals surface area contributed by atoms with E-state index in [0.29, 0.717) is 12.5 Å². The molecule has 1 aromatic rings. The van der Waals surface area contributed by atoms with Gasteiger partial charge in [0.15, 0.2) is 0 Å². The molecule has 4 nitrogen and oxygen atoms in total. The van der Waals surface area contributed by atoms with Crippen molar-refractivity contribution in [3.8, 4) is 0 Å². The average molecular weight is 358 g/mol. The third-order valence-corrected chi connectivity index (χ3v) is 4.85. The molecular weight excluding hydrogens is 330 g/mol. The van der Waals surface area contributed by atoms with Crippen molar-refractivity contribution in [1.82, 2.24) is 15.5 Å². The molecule has 1 saturated heterocycles. The third kappa shape index (κ3) is 8.06. The summed E-state index contributed by atoms with van der Waals surface area (Å²) < 4.78 is 0. The van der Waals surface area contributed by atoms with Crippen LogP contribution in [0.3, 0.4) is 0 Å². The fraction of sp³-hybridized carbons (Fsp3) is 0.588. The van der Waals surface area contributed by atoms with Gasteiger partial charge in [-0.25, -0.2) is 0 Å². The summed E-state index contributed by atoms with van der Waals surface area (Å²) in [7, 11) is 2.09. The van der Waals surface area contributed by atoms with E-state index in [1.165, 1.54) is 5.56 Å². The van der Waals surface area contributed by atoms with E-state index in [1.54, 1.807) is 0 Å². The summed E-state index contributed by atoms with van der Waals surface area (Å²) in [5, 5.41) is 6.52. The average Bonchev–Trinajstić information content (AvgIpc) is 2.48. The Labute approximate surface area is 150 Å². The van der Waals surface area contributed by atoms with Crippen molar-refractivity contribution in [2.75, 3.05) is 31.6 Å². The molecule has 2 N–H and O–H groups in total. The number of carbonyl (C=O) groups excluding carboxylic acids is 1. The summed E-state index contributed by atoms with van der Waals surface area (Å²) >= 11 is 1.93. The van der Waals surface area contributed by atoms with Gasteiger partial charge in [0.25, 0.3) is 0 Å². The zero-order chi connectivity index (χ0) is 15.8. The van der Waals surface area contributed by atoms with Gasteiger partial charge in [-0.15, -0.1) is 12.4 Å². The molecule has 6 heteroatoms. The van der Waals surface area contributed by atoms with Crippen LogP contribution in [0.15, 0.2) is 30.3 Å². The van der Waals surface area contributed by atoms with E-state index in [0.717, 1.165) is 31.1 Å². The standard InChI is InChI=1S/C17H27N3OS.ClH/c1-14(11-20(2)12-15-6-4-3-5-7-15)19-17(21)10-16-13-22-9-8-18-16;/h3-7,14,16,18H,8-13H2,1-2H3,(H,19,21);1H. The van der Waals surface area contributed by atoms with E-state index in [1.807, 2.05) is 17.8 Å². The van der Waals surface area contributed by atoms with E-state index in [9.17, 15) is 4.79 Å². The summed E-state index contributed by atoms with van der Waals surface area (Å²) in [6.07, 6.45) is 0.583. The quantitative estimate of drug-likeness (QED) is 0.784. The molecule has 1 aliphatic heterocycles. The Morgan fingerprint density at radius 1 is 1.43 bits per heavy atom. The minimum Gasteiger partial charge on any atom is -0.352 e. The van der Waals surface area contributed by atoms with Crippen molar-refractivity contribution in [2.45, 2.75) is 32.0 Å². The molecule has 0 spiro atoms. The molecule has 2 unspecified atom stereocenters. The highest BCUT2D eigenvalue weighted by molar-refractivity contribution is 7.99. The van der Waals surface area contributed by atoms with E-state index >= 15 is 0 Å². The highest BCUT2D eigenvalue weighted by Crippen LogP contribution is 2.10. The largest absolute Gasteiger partial charge is 0.352 e. The number of rotatable bonds is 7. The monoisotopic (exact) mass is 357 g/mol. The number of halogens is 1. The normalized spacial score (nSPS) is 19.0. The van der Waals surface area contributed by atoms with Gasteiger partial charge >= 0.3 is 0 Å². The second-order valence-corrected chi connectivity index (χ2v) is 7.23. The topological polar surface area (TPSA) is 44.4 Å². The zero-order valence-electron chi connectivity index (χ0n) is 14.0. The molecule has 0 bridgehead atoms. The molecule has 130 valence electrons. The van der Waals surface area contributed by atoms with E-state index < -0.39 is 0 Å². The molecule has 1 aliphatic rings. The number of thioether (sulfide) groups is 1. The van der Waals surface area contributed by atoms with Gasteiger partial charge in [-0.3, -0.25) is 4.79 Å². The van der Waals surface area contributed by atoms with Crippen LogP contribution in [-0.4, -0.2) is 54.5 Å². The molecule has 0 aliphatic carbocycles. The highest BCUT2D eigenvalue weighted by Gasteiger charge is 2.18. The van der Waals surface area contributed by atoms with Crippen LogP contribution in [0, 0.1) is 0 Å². The smallest absolute Gasteiger partial charge is 0.221 e. The molecule has 2 rings (SSSR count). The first-order valence-corrected chi connectivity index (χ1v) is 9.12. The lowest BCUT2D eigenvalue weighted by Gasteiger charge is -2.25. The highest BCUT2D eigenvalue weighted by atomic mass is 35.5. The predicted octanol–water partition coefficient (Wildman–Crippen LogP) is 2.14. The van der Waals surface area contributed by atoms with Crippen LogP contribution in [0.4, 0.5) is 0 Å². The molecule has 0 aromatic heterocycles. The van der Waals surface area contributed by atoms with Crippen molar-refractivity contribution >= 4 is 30.1 Å². The summed E-state index contributed by atoms with van der Waals surface area (Å²) in [5.74, 6) is 2.34. The van der Waals surface area contributed by atoms with Crippen LogP contribution in [0.2, 0.25) is 0 Å². The Kier molecular flexibility index (Phi) is 9.63. The van der Waals surface area contributed by atoms with Gasteiger partial charge in [0.2, 0.25) is 5.91 Å². The Morgan fingerprint density at radius 2 is 2.17 bits per heavy atom. The minimum atomic E-state index is 0. The van der Waals surface area contributed by atoms with E-state index in [-0.39, 0.29) is 24.4 Å². The Balaban J connectivity index is 0.00000264. The molecule has 23 heavy (non-hydrogen) atoms. The molecule has 0 saturated carbocycles. The van der Waals surface area contributed by atoms with Crippen LogP contribution in [0.5, 0.6) is 0 Å². The van der Waals surface area contributed by atoms with Gasteiger partial charge in [-0.1, -0.05) is 30.3 Å². The zero-order valence-corrected chi connectivity index (χ0v) is 15.6. The molecule has 1 fully saturated rings. The first-order valence-electron chi connectivity index (χ1n) is 7.96. The number of likely N-dealkylation sites (N-methyl/N-ethyl adjacent to an activating group) is 1. The second-order valence-electron chi connectivity index (χ2n) is 6.08. The summed E-state index contributed by atoms with van der Waals surface area (Å²) in [6, 6.07) is 10.9. The van der Waals surface area contributed by atoms with Crippen molar-refractivity contribution in [1.29, 1.82) is 0 Å². The lowest BCUT2D eigenvalue weighted by Crippen LogP contribution is -2.45. The Morgan fingerprint density at radius 3 is 2.83 bits per heavy atom. The maximum absolute atomic E-state index is 12.1. The van der Waals surface area contributed by atoms with Gasteiger partial charge in [0.1, 0.15) is 0 Å². The first-order chi connectivity index (χ1) is 10.6. The van der Waals surface area contributed by atoms with Gasteiger partial charge in [-0.2, -0.15) is 11.8 Å². The number of hydrogen-bond acceptors (Lipinski definition) is 4. The maximum atomic E-state index is 12.1. The van der Waals surface area contributed by atoms with Gasteiger partial charge in [0.05, 0.1) is 0 Å². The van der Waals surface area contributed by atoms with Crippen LogP contribution >= 0.6 is 24.2 Å². The Bertz CT molecular complexity index is 454. The molecule has 1 heterocycles.